The number of amides is 1. The number of hydrogen-bond acceptors (Lipinski definition) is 5. The SMILES string of the molecule is Cc1ccc(C(C)(O)CNC(=O)c2cc(-c3cccs3)[nH]n2)o1. The van der Waals surface area contributed by atoms with E-state index in [1.807, 2.05) is 17.5 Å². The van der Waals surface area contributed by atoms with Gasteiger partial charge in [0.15, 0.2) is 5.69 Å². The van der Waals surface area contributed by atoms with E-state index in [4.69, 9.17) is 4.42 Å². The Kier molecular flexibility index (Phi) is 4.06. The Labute approximate surface area is 137 Å². The van der Waals surface area contributed by atoms with Crippen LogP contribution in [0.2, 0.25) is 0 Å². The van der Waals surface area contributed by atoms with Gasteiger partial charge in [0.25, 0.3) is 5.91 Å². The van der Waals surface area contributed by atoms with Crippen LogP contribution in [0.4, 0.5) is 0 Å². The van der Waals surface area contributed by atoms with E-state index in [1.165, 1.54) is 0 Å². The largest absolute Gasteiger partial charge is 0.463 e. The molecule has 0 aromatic carbocycles. The van der Waals surface area contributed by atoms with Crippen LogP contribution < -0.4 is 5.32 Å². The van der Waals surface area contributed by atoms with Crippen LogP contribution in [0.5, 0.6) is 0 Å². The van der Waals surface area contributed by atoms with E-state index in [0.29, 0.717) is 11.5 Å². The molecule has 3 N–H and O–H groups in total. The van der Waals surface area contributed by atoms with Crippen LogP contribution in [-0.2, 0) is 5.60 Å². The maximum Gasteiger partial charge on any atom is 0.271 e. The second-order valence-corrected chi connectivity index (χ2v) is 6.46. The Morgan fingerprint density at radius 3 is 2.96 bits per heavy atom. The maximum atomic E-state index is 12.2. The Bertz CT molecular complexity index is 802. The Hall–Kier alpha value is -2.38. The van der Waals surface area contributed by atoms with Crippen molar-refractivity contribution in [2.24, 2.45) is 0 Å². The predicted molar refractivity (Wildman–Crippen MR) is 87.2 cm³/mol. The van der Waals surface area contributed by atoms with Crippen molar-refractivity contribution in [3.8, 4) is 10.6 Å². The summed E-state index contributed by atoms with van der Waals surface area (Å²) >= 11 is 1.56. The molecule has 0 radical (unpaired) electrons. The monoisotopic (exact) mass is 331 g/mol. The summed E-state index contributed by atoms with van der Waals surface area (Å²) in [6, 6.07) is 9.04. The van der Waals surface area contributed by atoms with Gasteiger partial charge in [-0.25, -0.2) is 0 Å². The van der Waals surface area contributed by atoms with Crippen LogP contribution >= 0.6 is 11.3 Å². The van der Waals surface area contributed by atoms with Crippen molar-refractivity contribution in [1.82, 2.24) is 15.5 Å². The van der Waals surface area contributed by atoms with E-state index >= 15 is 0 Å². The van der Waals surface area contributed by atoms with Crippen molar-refractivity contribution in [3.05, 3.63) is 52.9 Å². The number of H-pyrrole nitrogens is 1. The molecule has 3 aromatic rings. The molecule has 1 amide bonds. The number of carbonyl (C=O) groups excluding carboxylic acids is 1. The molecule has 1 unspecified atom stereocenters. The molecule has 3 rings (SSSR count). The fourth-order valence-electron chi connectivity index (χ4n) is 2.15. The maximum absolute atomic E-state index is 12.2. The summed E-state index contributed by atoms with van der Waals surface area (Å²) in [4.78, 5) is 13.2. The van der Waals surface area contributed by atoms with Gasteiger partial charge in [0.1, 0.15) is 17.1 Å². The normalized spacial score (nSPS) is 13.7. The van der Waals surface area contributed by atoms with Crippen molar-refractivity contribution in [3.63, 3.8) is 0 Å². The third-order valence-corrected chi connectivity index (χ3v) is 4.36. The van der Waals surface area contributed by atoms with Crippen LogP contribution in [0.3, 0.4) is 0 Å². The van der Waals surface area contributed by atoms with Crippen molar-refractivity contribution in [1.29, 1.82) is 0 Å². The number of thiophene rings is 1. The van der Waals surface area contributed by atoms with Crippen LogP contribution in [-0.4, -0.2) is 27.8 Å². The van der Waals surface area contributed by atoms with Crippen molar-refractivity contribution < 1.29 is 14.3 Å². The number of nitrogens with zero attached hydrogens (tertiary/aromatic N) is 1. The number of hydrogen-bond donors (Lipinski definition) is 3. The topological polar surface area (TPSA) is 91.2 Å². The zero-order chi connectivity index (χ0) is 16.4. The number of aromatic nitrogens is 2. The van der Waals surface area contributed by atoms with Crippen LogP contribution in [0.1, 0.15) is 28.9 Å². The molecule has 3 heterocycles. The van der Waals surface area contributed by atoms with Gasteiger partial charge in [-0.3, -0.25) is 9.89 Å². The quantitative estimate of drug-likeness (QED) is 0.670. The molecule has 0 spiro atoms. The lowest BCUT2D eigenvalue weighted by molar-refractivity contribution is 0.0322. The minimum Gasteiger partial charge on any atom is -0.463 e. The Balaban J connectivity index is 1.65. The molecule has 0 aliphatic rings. The van der Waals surface area contributed by atoms with Gasteiger partial charge in [0, 0.05) is 0 Å². The summed E-state index contributed by atoms with van der Waals surface area (Å²) in [7, 11) is 0. The van der Waals surface area contributed by atoms with E-state index in [9.17, 15) is 9.90 Å². The average Bonchev–Trinajstić information content (AvgIpc) is 3.24. The molecule has 0 aliphatic carbocycles. The molecule has 0 saturated carbocycles. The van der Waals surface area contributed by atoms with Crippen LogP contribution in [0.25, 0.3) is 10.6 Å². The first-order valence-corrected chi connectivity index (χ1v) is 8.00. The lowest BCUT2D eigenvalue weighted by Crippen LogP contribution is -2.38. The van der Waals surface area contributed by atoms with Gasteiger partial charge < -0.3 is 14.8 Å². The number of aryl methyl sites for hydroxylation is 1. The number of aromatic amines is 1. The lowest BCUT2D eigenvalue weighted by Gasteiger charge is -2.20. The molecule has 7 heteroatoms. The van der Waals surface area contributed by atoms with E-state index in [1.54, 1.807) is 43.4 Å². The van der Waals surface area contributed by atoms with Gasteiger partial charge in [0.2, 0.25) is 0 Å². The molecule has 6 nitrogen and oxygen atoms in total. The zero-order valence-corrected chi connectivity index (χ0v) is 13.6. The fourth-order valence-corrected chi connectivity index (χ4v) is 2.84. The lowest BCUT2D eigenvalue weighted by atomic mass is 10.0. The zero-order valence-electron chi connectivity index (χ0n) is 12.8. The molecular weight excluding hydrogens is 314 g/mol. The highest BCUT2D eigenvalue weighted by atomic mass is 32.1. The minimum absolute atomic E-state index is 0.0278. The highest BCUT2D eigenvalue weighted by Crippen LogP contribution is 2.24. The Morgan fingerprint density at radius 1 is 1.48 bits per heavy atom. The summed E-state index contributed by atoms with van der Waals surface area (Å²) in [5.41, 5.74) is -0.213. The van der Waals surface area contributed by atoms with Crippen molar-refractivity contribution in [2.75, 3.05) is 6.54 Å². The number of furan rings is 1. The van der Waals surface area contributed by atoms with E-state index < -0.39 is 5.60 Å². The standard InChI is InChI=1S/C16H17N3O3S/c1-10-5-6-14(22-10)16(2,21)9-17-15(20)12-8-11(18-19-12)13-4-3-7-23-13/h3-8,21H,9H2,1-2H3,(H,17,20)(H,18,19). The molecule has 0 fully saturated rings. The predicted octanol–water partition coefficient (Wildman–Crippen LogP) is 2.68. The summed E-state index contributed by atoms with van der Waals surface area (Å²) < 4.78 is 5.42. The Morgan fingerprint density at radius 2 is 2.30 bits per heavy atom. The fraction of sp³-hybridized carbons (Fsp3) is 0.250. The smallest absolute Gasteiger partial charge is 0.271 e. The first kappa shape index (κ1) is 15.5. The highest BCUT2D eigenvalue weighted by Gasteiger charge is 2.28. The number of rotatable bonds is 5. The molecular formula is C16H17N3O3S. The summed E-state index contributed by atoms with van der Waals surface area (Å²) in [5, 5.41) is 21.9. The molecule has 23 heavy (non-hydrogen) atoms. The van der Waals surface area contributed by atoms with Gasteiger partial charge in [-0.2, -0.15) is 5.10 Å². The minimum atomic E-state index is -1.28. The molecule has 120 valence electrons. The second-order valence-electron chi connectivity index (χ2n) is 5.51. The average molecular weight is 331 g/mol. The molecule has 0 bridgehead atoms. The van der Waals surface area contributed by atoms with Gasteiger partial charge in [0.05, 0.1) is 17.1 Å². The van der Waals surface area contributed by atoms with E-state index in [2.05, 4.69) is 15.5 Å². The molecule has 1 atom stereocenters. The summed E-state index contributed by atoms with van der Waals surface area (Å²) in [6.45, 7) is 3.42. The van der Waals surface area contributed by atoms with Gasteiger partial charge in [-0.05, 0) is 43.5 Å². The van der Waals surface area contributed by atoms with Crippen molar-refractivity contribution >= 4 is 17.2 Å². The van der Waals surface area contributed by atoms with E-state index in [-0.39, 0.29) is 18.1 Å². The van der Waals surface area contributed by atoms with Gasteiger partial charge in [-0.1, -0.05) is 6.07 Å². The van der Waals surface area contributed by atoms with Crippen molar-refractivity contribution in [2.45, 2.75) is 19.4 Å². The first-order chi connectivity index (χ1) is 11.0. The summed E-state index contributed by atoms with van der Waals surface area (Å²) in [5.74, 6) is 0.767. The van der Waals surface area contributed by atoms with Crippen LogP contribution in [0.15, 0.2) is 40.1 Å². The van der Waals surface area contributed by atoms with Crippen LogP contribution in [0, 0.1) is 6.92 Å². The van der Waals surface area contributed by atoms with Gasteiger partial charge in [-0.15, -0.1) is 11.3 Å². The molecule has 0 saturated heterocycles. The third kappa shape index (κ3) is 3.35. The summed E-state index contributed by atoms with van der Waals surface area (Å²) in [6.07, 6.45) is 0. The van der Waals surface area contributed by atoms with E-state index in [0.717, 1.165) is 10.6 Å². The number of aliphatic hydroxyl groups is 1. The number of carbonyl (C=O) groups is 1. The van der Waals surface area contributed by atoms with Gasteiger partial charge >= 0.3 is 0 Å². The highest BCUT2D eigenvalue weighted by molar-refractivity contribution is 7.13. The molecule has 3 aromatic heterocycles. The first-order valence-electron chi connectivity index (χ1n) is 7.12. The number of nitrogens with one attached hydrogen (secondary N) is 2. The molecule has 0 aliphatic heterocycles. The third-order valence-electron chi connectivity index (χ3n) is 3.46. The second kappa shape index (κ2) is 6.02.